The number of aromatic nitrogens is 1. The van der Waals surface area contributed by atoms with Gasteiger partial charge >= 0.3 is 0 Å². The Bertz CT molecular complexity index is 406. The number of nitrogens with zero attached hydrogens (tertiary/aromatic N) is 1. The van der Waals surface area contributed by atoms with Gasteiger partial charge in [-0.3, -0.25) is 0 Å². The molecule has 15 heavy (non-hydrogen) atoms. The maximum Gasteiger partial charge on any atom is 0.181 e. The molecule has 0 aliphatic carbocycles. The van der Waals surface area contributed by atoms with Crippen LogP contribution in [-0.4, -0.2) is 4.98 Å². The molecule has 0 saturated heterocycles. The Balaban J connectivity index is 0. The summed E-state index contributed by atoms with van der Waals surface area (Å²) < 4.78 is 0.971. The van der Waals surface area contributed by atoms with Crippen molar-refractivity contribution in [1.82, 2.24) is 4.98 Å². The Morgan fingerprint density at radius 2 is 1.47 bits per heavy atom. The summed E-state index contributed by atoms with van der Waals surface area (Å²) in [5, 5.41) is 0.537. The Morgan fingerprint density at radius 3 is 2.07 bits per heavy atom. The molecule has 0 bridgehead atoms. The van der Waals surface area contributed by atoms with Crippen molar-refractivity contribution in [3.05, 3.63) is 12.1 Å². The fourth-order valence-electron chi connectivity index (χ4n) is 1.02. The normalized spacial score (nSPS) is 8.53. The first-order valence-electron chi connectivity index (χ1n) is 3.38. The summed E-state index contributed by atoms with van der Waals surface area (Å²) in [6.45, 7) is 0. The molecular formula is C7H8Cl3N4S-3. The predicted octanol–water partition coefficient (Wildman–Crippen LogP) is -7.95. The van der Waals surface area contributed by atoms with Crippen LogP contribution in [0.15, 0.2) is 12.1 Å². The van der Waals surface area contributed by atoms with Crippen molar-refractivity contribution in [3.63, 3.8) is 0 Å². The molecule has 0 amide bonds. The summed E-state index contributed by atoms with van der Waals surface area (Å²) in [6, 6.07) is 3.52. The molecule has 4 nitrogen and oxygen atoms in total. The van der Waals surface area contributed by atoms with Gasteiger partial charge in [-0.1, -0.05) is 11.3 Å². The van der Waals surface area contributed by atoms with Gasteiger partial charge in [0.15, 0.2) is 5.13 Å². The lowest BCUT2D eigenvalue weighted by molar-refractivity contribution is -0.001000. The minimum absolute atomic E-state index is 0. The van der Waals surface area contributed by atoms with E-state index in [1.54, 1.807) is 12.1 Å². The van der Waals surface area contributed by atoms with Crippen molar-refractivity contribution < 1.29 is 37.2 Å². The van der Waals surface area contributed by atoms with Crippen LogP contribution in [0.25, 0.3) is 10.2 Å². The van der Waals surface area contributed by atoms with E-state index in [1.165, 1.54) is 11.3 Å². The van der Waals surface area contributed by atoms with E-state index in [2.05, 4.69) is 4.98 Å². The second-order valence-electron chi connectivity index (χ2n) is 2.50. The molecule has 86 valence electrons. The monoisotopic (exact) mass is 285 g/mol. The second kappa shape index (κ2) is 6.07. The van der Waals surface area contributed by atoms with E-state index in [-0.39, 0.29) is 37.2 Å². The average Bonchev–Trinajstić information content (AvgIpc) is 2.30. The highest BCUT2D eigenvalue weighted by Crippen LogP contribution is 2.28. The zero-order valence-electron chi connectivity index (χ0n) is 7.38. The quantitative estimate of drug-likeness (QED) is 0.420. The largest absolute Gasteiger partial charge is 1.00 e. The summed E-state index contributed by atoms with van der Waals surface area (Å²) in [5.74, 6) is 0. The predicted molar refractivity (Wildman–Crippen MR) is 52.9 cm³/mol. The standard InChI is InChI=1S/C7H8N4S.3ClH/c8-3-1-5-6(2-4(3)9)12-7(10)11-5;;;/h1-2H,8-9H2,(H2,10,11);3*1H/p-3. The average molecular weight is 287 g/mol. The number of anilines is 3. The lowest BCUT2D eigenvalue weighted by atomic mass is 10.2. The third-order valence-electron chi connectivity index (χ3n) is 1.61. The first-order chi connectivity index (χ1) is 5.66. The van der Waals surface area contributed by atoms with E-state index in [1.807, 2.05) is 0 Å². The minimum Gasteiger partial charge on any atom is -1.00 e. The lowest BCUT2D eigenvalue weighted by Crippen LogP contribution is -3.00. The minimum atomic E-state index is 0. The van der Waals surface area contributed by atoms with Gasteiger partial charge in [0.1, 0.15) is 0 Å². The Hall–Kier alpha value is -0.620. The van der Waals surface area contributed by atoms with E-state index >= 15 is 0 Å². The number of hydrogen-bond acceptors (Lipinski definition) is 5. The number of nitrogens with two attached hydrogens (primary N) is 3. The van der Waals surface area contributed by atoms with Gasteiger partial charge in [-0.15, -0.1) is 0 Å². The molecule has 0 aliphatic rings. The number of nitrogen functional groups attached to an aromatic ring is 3. The molecule has 1 aromatic heterocycles. The first kappa shape index (κ1) is 16.8. The lowest BCUT2D eigenvalue weighted by Gasteiger charge is -1.97. The van der Waals surface area contributed by atoms with E-state index in [9.17, 15) is 0 Å². The SMILES string of the molecule is Nc1nc2cc(N)c(N)cc2s1.[Cl-].[Cl-].[Cl-]. The van der Waals surface area contributed by atoms with Gasteiger partial charge < -0.3 is 54.4 Å². The number of rotatable bonds is 0. The Morgan fingerprint density at radius 1 is 0.933 bits per heavy atom. The molecule has 2 rings (SSSR count). The molecule has 0 spiro atoms. The van der Waals surface area contributed by atoms with Crippen LogP contribution in [0.5, 0.6) is 0 Å². The first-order valence-corrected chi connectivity index (χ1v) is 4.19. The highest BCUT2D eigenvalue weighted by molar-refractivity contribution is 7.22. The van der Waals surface area contributed by atoms with Crippen LogP contribution in [0.2, 0.25) is 0 Å². The molecule has 0 aliphatic heterocycles. The molecule has 0 radical (unpaired) electrons. The zero-order valence-corrected chi connectivity index (χ0v) is 10.5. The molecule has 0 fully saturated rings. The number of benzene rings is 1. The zero-order chi connectivity index (χ0) is 8.72. The maximum absolute atomic E-state index is 5.61. The van der Waals surface area contributed by atoms with Crippen LogP contribution in [0.1, 0.15) is 0 Å². The molecule has 8 heteroatoms. The number of fused-ring (bicyclic) bond motifs is 1. The van der Waals surface area contributed by atoms with Crippen molar-refractivity contribution in [3.8, 4) is 0 Å². The number of halogens is 3. The van der Waals surface area contributed by atoms with Crippen LogP contribution in [0, 0.1) is 0 Å². The van der Waals surface area contributed by atoms with Crippen LogP contribution in [0.3, 0.4) is 0 Å². The summed E-state index contributed by atoms with van der Waals surface area (Å²) in [7, 11) is 0. The van der Waals surface area contributed by atoms with Gasteiger partial charge in [0, 0.05) is 0 Å². The van der Waals surface area contributed by atoms with Gasteiger partial charge in [-0.05, 0) is 12.1 Å². The molecule has 0 atom stereocenters. The third-order valence-corrected chi connectivity index (χ3v) is 2.46. The molecule has 6 N–H and O–H groups in total. The summed E-state index contributed by atoms with van der Waals surface area (Å²) >= 11 is 1.41. The molecule has 0 unspecified atom stereocenters. The number of thiazole rings is 1. The molecular weight excluding hydrogens is 279 g/mol. The summed E-state index contributed by atoms with van der Waals surface area (Å²) in [4.78, 5) is 4.08. The molecule has 1 heterocycles. The highest BCUT2D eigenvalue weighted by Gasteiger charge is 2.03. The topological polar surface area (TPSA) is 90.9 Å². The molecule has 2 aromatic rings. The van der Waals surface area contributed by atoms with E-state index in [0.717, 1.165) is 10.2 Å². The van der Waals surface area contributed by atoms with Gasteiger partial charge in [0.2, 0.25) is 0 Å². The number of hydrogen-bond donors (Lipinski definition) is 3. The van der Waals surface area contributed by atoms with Crippen LogP contribution < -0.4 is 54.4 Å². The molecule has 0 saturated carbocycles. The van der Waals surface area contributed by atoms with E-state index in [0.29, 0.717) is 16.5 Å². The van der Waals surface area contributed by atoms with Gasteiger partial charge in [-0.2, -0.15) is 0 Å². The van der Waals surface area contributed by atoms with Crippen molar-refractivity contribution in [1.29, 1.82) is 0 Å². The van der Waals surface area contributed by atoms with Crippen molar-refractivity contribution in [2.75, 3.05) is 17.2 Å². The fraction of sp³-hybridized carbons (Fsp3) is 0. The van der Waals surface area contributed by atoms with Crippen molar-refractivity contribution in [2.45, 2.75) is 0 Å². The van der Waals surface area contributed by atoms with Gasteiger partial charge in [-0.25, -0.2) is 4.98 Å². The third kappa shape index (κ3) is 3.17. The summed E-state index contributed by atoms with van der Waals surface area (Å²) in [6.07, 6.45) is 0. The van der Waals surface area contributed by atoms with Crippen LogP contribution in [-0.2, 0) is 0 Å². The Labute approximate surface area is 109 Å². The smallest absolute Gasteiger partial charge is 0.181 e. The maximum atomic E-state index is 5.61. The van der Waals surface area contributed by atoms with Gasteiger partial charge in [0.25, 0.3) is 0 Å². The highest BCUT2D eigenvalue weighted by atomic mass is 35.5. The molecule has 1 aromatic carbocycles. The van der Waals surface area contributed by atoms with E-state index in [4.69, 9.17) is 17.2 Å². The second-order valence-corrected chi connectivity index (χ2v) is 3.56. The van der Waals surface area contributed by atoms with Gasteiger partial charge in [0.05, 0.1) is 21.6 Å². The fourth-order valence-corrected chi connectivity index (χ4v) is 1.79. The van der Waals surface area contributed by atoms with Crippen molar-refractivity contribution >= 4 is 38.1 Å². The Kier molecular flexibility index (Phi) is 6.80. The van der Waals surface area contributed by atoms with E-state index < -0.39 is 0 Å². The summed E-state index contributed by atoms with van der Waals surface area (Å²) in [5.41, 5.74) is 18.7. The van der Waals surface area contributed by atoms with Crippen LogP contribution >= 0.6 is 11.3 Å². The van der Waals surface area contributed by atoms with Crippen LogP contribution in [0.4, 0.5) is 16.5 Å². The van der Waals surface area contributed by atoms with Crippen molar-refractivity contribution in [2.24, 2.45) is 0 Å².